The number of methoxy groups -OCH3 is 1. The van der Waals surface area contributed by atoms with Crippen molar-refractivity contribution in [2.45, 2.75) is 13.0 Å². The van der Waals surface area contributed by atoms with E-state index < -0.39 is 13.0 Å². The largest absolute Gasteiger partial charge is 0.496 e. The van der Waals surface area contributed by atoms with Gasteiger partial charge in [0.25, 0.3) is 6.43 Å². The van der Waals surface area contributed by atoms with Gasteiger partial charge < -0.3 is 14.6 Å². The van der Waals surface area contributed by atoms with Crippen LogP contribution in [-0.2, 0) is 11.3 Å². The van der Waals surface area contributed by atoms with E-state index in [0.717, 1.165) is 0 Å². The van der Waals surface area contributed by atoms with Crippen molar-refractivity contribution in [1.82, 2.24) is 0 Å². The van der Waals surface area contributed by atoms with E-state index in [2.05, 4.69) is 11.8 Å². The Morgan fingerprint density at radius 1 is 1.39 bits per heavy atom. The summed E-state index contributed by atoms with van der Waals surface area (Å²) in [5.41, 5.74) is 1.31. The van der Waals surface area contributed by atoms with Crippen LogP contribution in [0.3, 0.4) is 0 Å². The second-order valence-corrected chi connectivity index (χ2v) is 3.39. The third-order valence-corrected chi connectivity index (χ3v) is 2.09. The number of hydrogen-bond donors (Lipinski definition) is 1. The molecule has 0 bridgehead atoms. The lowest BCUT2D eigenvalue weighted by atomic mass is 10.1. The first kappa shape index (κ1) is 14.4. The summed E-state index contributed by atoms with van der Waals surface area (Å²) in [6.07, 6.45) is -2.49. The third-order valence-electron chi connectivity index (χ3n) is 2.09. The number of aliphatic hydroxyl groups is 1. The molecule has 0 aliphatic heterocycles. The molecule has 1 aromatic rings. The minimum absolute atomic E-state index is 0.0299. The first-order valence-electron chi connectivity index (χ1n) is 5.30. The van der Waals surface area contributed by atoms with E-state index in [9.17, 15) is 8.78 Å². The van der Waals surface area contributed by atoms with Gasteiger partial charge in [0, 0.05) is 11.1 Å². The molecule has 0 amide bonds. The van der Waals surface area contributed by atoms with E-state index in [1.54, 1.807) is 18.2 Å². The highest BCUT2D eigenvalue weighted by molar-refractivity contribution is 5.44. The average molecular weight is 256 g/mol. The normalized spacial score (nSPS) is 10.1. The van der Waals surface area contributed by atoms with Crippen molar-refractivity contribution in [3.63, 3.8) is 0 Å². The molecule has 0 atom stereocenters. The number of rotatable bonds is 5. The SMILES string of the molecule is COc1ccc(C#CCO)cc1COCC(F)F. The summed E-state index contributed by atoms with van der Waals surface area (Å²) >= 11 is 0. The van der Waals surface area contributed by atoms with Crippen molar-refractivity contribution in [2.75, 3.05) is 20.3 Å². The minimum atomic E-state index is -2.49. The van der Waals surface area contributed by atoms with Crippen molar-refractivity contribution in [1.29, 1.82) is 0 Å². The fourth-order valence-corrected chi connectivity index (χ4v) is 1.37. The van der Waals surface area contributed by atoms with Crippen molar-refractivity contribution < 1.29 is 23.4 Å². The first-order chi connectivity index (χ1) is 8.67. The van der Waals surface area contributed by atoms with E-state index in [1.807, 2.05) is 0 Å². The summed E-state index contributed by atoms with van der Waals surface area (Å²) in [5, 5.41) is 8.59. The van der Waals surface area contributed by atoms with Gasteiger partial charge in [-0.25, -0.2) is 8.78 Å². The highest BCUT2D eigenvalue weighted by atomic mass is 19.3. The molecule has 0 saturated heterocycles. The standard InChI is InChI=1S/C13H14F2O3/c1-17-12-5-4-10(3-2-6-16)7-11(12)8-18-9-13(14)15/h4-5,7,13,16H,6,8-9H2,1H3. The second-order valence-electron chi connectivity index (χ2n) is 3.39. The van der Waals surface area contributed by atoms with Crippen molar-refractivity contribution in [2.24, 2.45) is 0 Å². The molecular weight excluding hydrogens is 242 g/mol. The molecule has 5 heteroatoms. The van der Waals surface area contributed by atoms with Crippen LogP contribution in [0, 0.1) is 11.8 Å². The van der Waals surface area contributed by atoms with E-state index in [4.69, 9.17) is 14.6 Å². The van der Waals surface area contributed by atoms with Gasteiger partial charge in [0.2, 0.25) is 0 Å². The molecule has 0 unspecified atom stereocenters. The number of alkyl halides is 2. The van der Waals surface area contributed by atoms with E-state index in [0.29, 0.717) is 16.9 Å². The van der Waals surface area contributed by atoms with Crippen LogP contribution >= 0.6 is 0 Å². The van der Waals surface area contributed by atoms with Gasteiger partial charge in [0.05, 0.1) is 13.7 Å². The van der Waals surface area contributed by atoms with Crippen LogP contribution in [-0.4, -0.2) is 31.9 Å². The zero-order valence-electron chi connectivity index (χ0n) is 9.95. The van der Waals surface area contributed by atoms with Gasteiger partial charge in [0.1, 0.15) is 19.0 Å². The molecule has 1 aromatic carbocycles. The van der Waals surface area contributed by atoms with Crippen LogP contribution in [0.25, 0.3) is 0 Å². The van der Waals surface area contributed by atoms with Crippen LogP contribution in [0.5, 0.6) is 5.75 Å². The lowest BCUT2D eigenvalue weighted by Crippen LogP contribution is -2.05. The highest BCUT2D eigenvalue weighted by Crippen LogP contribution is 2.20. The van der Waals surface area contributed by atoms with Gasteiger partial charge in [-0.05, 0) is 18.2 Å². The predicted octanol–water partition coefficient (Wildman–Crippen LogP) is 1.82. The molecule has 1 rings (SSSR count). The van der Waals surface area contributed by atoms with Crippen molar-refractivity contribution in [3.8, 4) is 17.6 Å². The Morgan fingerprint density at radius 3 is 2.78 bits per heavy atom. The summed E-state index contributed by atoms with van der Waals surface area (Å²) < 4.78 is 33.9. The molecular formula is C13H14F2O3. The van der Waals surface area contributed by atoms with Gasteiger partial charge in [-0.1, -0.05) is 11.8 Å². The molecule has 0 fully saturated rings. The summed E-state index contributed by atoms with van der Waals surface area (Å²) in [4.78, 5) is 0. The number of benzene rings is 1. The van der Waals surface area contributed by atoms with Gasteiger partial charge >= 0.3 is 0 Å². The fourth-order valence-electron chi connectivity index (χ4n) is 1.37. The number of ether oxygens (including phenoxy) is 2. The van der Waals surface area contributed by atoms with E-state index in [1.165, 1.54) is 7.11 Å². The molecule has 0 spiro atoms. The Balaban J connectivity index is 2.78. The Labute approximate surface area is 104 Å². The molecule has 1 N–H and O–H groups in total. The van der Waals surface area contributed by atoms with Gasteiger partial charge in [-0.2, -0.15) is 0 Å². The molecule has 18 heavy (non-hydrogen) atoms. The minimum Gasteiger partial charge on any atom is -0.496 e. The molecule has 0 aliphatic carbocycles. The maximum Gasteiger partial charge on any atom is 0.261 e. The summed E-state index contributed by atoms with van der Waals surface area (Å²) in [6.45, 7) is -0.818. The molecule has 0 saturated carbocycles. The van der Waals surface area contributed by atoms with E-state index >= 15 is 0 Å². The van der Waals surface area contributed by atoms with Crippen LogP contribution in [0.1, 0.15) is 11.1 Å². The van der Waals surface area contributed by atoms with Crippen LogP contribution < -0.4 is 4.74 Å². The predicted molar refractivity (Wildman–Crippen MR) is 62.6 cm³/mol. The maximum atomic E-state index is 12.0. The zero-order chi connectivity index (χ0) is 13.4. The summed E-state index contributed by atoms with van der Waals surface area (Å²) in [5.74, 6) is 5.79. The van der Waals surface area contributed by atoms with Crippen LogP contribution in [0.4, 0.5) is 8.78 Å². The Hall–Kier alpha value is -1.64. The van der Waals surface area contributed by atoms with Gasteiger partial charge in [0.15, 0.2) is 0 Å². The maximum absolute atomic E-state index is 12.0. The van der Waals surface area contributed by atoms with Gasteiger partial charge in [-0.15, -0.1) is 0 Å². The Bertz CT molecular complexity index is 436. The quantitative estimate of drug-likeness (QED) is 0.817. The van der Waals surface area contributed by atoms with Crippen molar-refractivity contribution in [3.05, 3.63) is 29.3 Å². The van der Waals surface area contributed by atoms with Crippen LogP contribution in [0.2, 0.25) is 0 Å². The topological polar surface area (TPSA) is 38.7 Å². The summed E-state index contributed by atoms with van der Waals surface area (Å²) in [6, 6.07) is 5.09. The van der Waals surface area contributed by atoms with Crippen LogP contribution in [0.15, 0.2) is 18.2 Å². The van der Waals surface area contributed by atoms with E-state index in [-0.39, 0.29) is 13.2 Å². The monoisotopic (exact) mass is 256 g/mol. The summed E-state index contributed by atoms with van der Waals surface area (Å²) in [7, 11) is 1.49. The number of halogens is 2. The molecule has 0 radical (unpaired) electrons. The molecule has 0 aliphatic rings. The fraction of sp³-hybridized carbons (Fsp3) is 0.385. The number of hydrogen-bond acceptors (Lipinski definition) is 3. The first-order valence-corrected chi connectivity index (χ1v) is 5.30. The smallest absolute Gasteiger partial charge is 0.261 e. The number of aliphatic hydroxyl groups excluding tert-OH is 1. The van der Waals surface area contributed by atoms with Gasteiger partial charge in [-0.3, -0.25) is 0 Å². The lowest BCUT2D eigenvalue weighted by molar-refractivity contribution is 0.00932. The molecule has 98 valence electrons. The Morgan fingerprint density at radius 2 is 2.17 bits per heavy atom. The average Bonchev–Trinajstić information content (AvgIpc) is 2.36. The molecule has 3 nitrogen and oxygen atoms in total. The molecule has 0 heterocycles. The molecule has 0 aromatic heterocycles. The Kier molecular flexibility index (Phi) is 6.12. The van der Waals surface area contributed by atoms with Crippen molar-refractivity contribution >= 4 is 0 Å². The zero-order valence-corrected chi connectivity index (χ0v) is 9.95. The third kappa shape index (κ3) is 4.70. The lowest BCUT2D eigenvalue weighted by Gasteiger charge is -2.09. The highest BCUT2D eigenvalue weighted by Gasteiger charge is 2.07. The second kappa shape index (κ2) is 7.64.